The van der Waals surface area contributed by atoms with E-state index in [0.29, 0.717) is 5.92 Å². The Morgan fingerprint density at radius 1 is 1.44 bits per heavy atom. The molecule has 1 aliphatic rings. The molecule has 0 atom stereocenters. The highest BCUT2D eigenvalue weighted by atomic mass is 16.1. The van der Waals surface area contributed by atoms with Crippen molar-refractivity contribution < 1.29 is 4.79 Å². The second kappa shape index (κ2) is 7.42. The summed E-state index contributed by atoms with van der Waals surface area (Å²) in [6.45, 7) is 4.00. The number of hydrogen-bond acceptors (Lipinski definition) is 3. The second-order valence-corrected chi connectivity index (χ2v) is 3.75. The number of fused-ring (bicyclic) bond motifs is 1. The van der Waals surface area contributed by atoms with Crippen LogP contribution in [0.1, 0.15) is 44.6 Å². The fourth-order valence-corrected chi connectivity index (χ4v) is 1.85. The lowest BCUT2D eigenvalue weighted by Gasteiger charge is -2.23. The van der Waals surface area contributed by atoms with Gasteiger partial charge in [0.15, 0.2) is 5.65 Å². The van der Waals surface area contributed by atoms with Gasteiger partial charge in [-0.25, -0.2) is 9.50 Å². The molecule has 0 bridgehead atoms. The number of primary amides is 1. The van der Waals surface area contributed by atoms with Crippen molar-refractivity contribution in [2.75, 3.05) is 0 Å². The van der Waals surface area contributed by atoms with E-state index in [0.717, 1.165) is 5.65 Å². The van der Waals surface area contributed by atoms with Gasteiger partial charge in [-0.1, -0.05) is 20.3 Å². The first-order chi connectivity index (χ1) is 8.86. The maximum atomic E-state index is 8.58. The molecule has 3 rings (SSSR count). The molecular weight excluding hydrogens is 228 g/mol. The summed E-state index contributed by atoms with van der Waals surface area (Å²) in [5.74, 6) is 0.715. The summed E-state index contributed by atoms with van der Waals surface area (Å²) < 4.78 is 1.85. The number of rotatable bonds is 1. The van der Waals surface area contributed by atoms with Crippen LogP contribution in [0.5, 0.6) is 0 Å². The van der Waals surface area contributed by atoms with Crippen LogP contribution in [-0.2, 0) is 4.79 Å². The van der Waals surface area contributed by atoms with Gasteiger partial charge >= 0.3 is 0 Å². The van der Waals surface area contributed by atoms with Gasteiger partial charge in [0.05, 0.1) is 6.20 Å². The van der Waals surface area contributed by atoms with Crippen molar-refractivity contribution in [1.29, 1.82) is 0 Å². The minimum atomic E-state index is 0.250. The zero-order valence-corrected chi connectivity index (χ0v) is 10.9. The van der Waals surface area contributed by atoms with Crippen LogP contribution in [-0.4, -0.2) is 21.0 Å². The van der Waals surface area contributed by atoms with Crippen molar-refractivity contribution in [1.82, 2.24) is 14.6 Å². The molecule has 0 aromatic carbocycles. The van der Waals surface area contributed by atoms with Crippen LogP contribution in [0, 0.1) is 0 Å². The molecule has 1 aliphatic carbocycles. The van der Waals surface area contributed by atoms with Crippen LogP contribution in [0.2, 0.25) is 0 Å². The Hall–Kier alpha value is -1.91. The SMILES string of the molecule is CC.NC=O.c1cnc2c(C3CCC3)cnn2c1. The van der Waals surface area contributed by atoms with E-state index >= 15 is 0 Å². The number of carbonyl (C=O) groups is 1. The molecule has 18 heavy (non-hydrogen) atoms. The van der Waals surface area contributed by atoms with E-state index in [4.69, 9.17) is 4.79 Å². The monoisotopic (exact) mass is 248 g/mol. The highest BCUT2D eigenvalue weighted by molar-refractivity contribution is 5.48. The normalized spacial score (nSPS) is 13.7. The molecule has 1 saturated carbocycles. The van der Waals surface area contributed by atoms with Gasteiger partial charge in [-0.2, -0.15) is 5.10 Å². The topological polar surface area (TPSA) is 73.3 Å². The first kappa shape index (κ1) is 14.2. The molecule has 0 spiro atoms. The summed E-state index contributed by atoms with van der Waals surface area (Å²) in [6, 6.07) is 1.91. The largest absolute Gasteiger partial charge is 0.372 e. The van der Waals surface area contributed by atoms with E-state index in [1.807, 2.05) is 43.0 Å². The van der Waals surface area contributed by atoms with Gasteiger partial charge in [0.25, 0.3) is 0 Å². The molecule has 2 aromatic rings. The highest BCUT2D eigenvalue weighted by Gasteiger charge is 2.23. The quantitative estimate of drug-likeness (QED) is 0.786. The summed E-state index contributed by atoms with van der Waals surface area (Å²) in [7, 11) is 0. The van der Waals surface area contributed by atoms with Crippen LogP contribution in [0.15, 0.2) is 24.7 Å². The fourth-order valence-electron chi connectivity index (χ4n) is 1.85. The van der Waals surface area contributed by atoms with Crippen LogP contribution >= 0.6 is 0 Å². The van der Waals surface area contributed by atoms with Crippen molar-refractivity contribution in [2.45, 2.75) is 39.0 Å². The van der Waals surface area contributed by atoms with Crippen molar-refractivity contribution in [3.05, 3.63) is 30.2 Å². The van der Waals surface area contributed by atoms with E-state index < -0.39 is 0 Å². The summed E-state index contributed by atoms with van der Waals surface area (Å²) in [6.07, 6.45) is 9.96. The first-order valence-electron chi connectivity index (χ1n) is 6.30. The lowest BCUT2D eigenvalue weighted by Crippen LogP contribution is -2.08. The Bertz CT molecular complexity index is 477. The smallest absolute Gasteiger partial charge is 0.204 e. The summed E-state index contributed by atoms with van der Waals surface area (Å²) in [5, 5.41) is 4.28. The molecule has 0 unspecified atom stereocenters. The number of nitrogens with two attached hydrogens (primary N) is 1. The molecule has 1 fully saturated rings. The maximum absolute atomic E-state index is 8.58. The fraction of sp³-hybridized carbons (Fsp3) is 0.462. The number of nitrogens with zero attached hydrogens (tertiary/aromatic N) is 3. The Morgan fingerprint density at radius 2 is 2.11 bits per heavy atom. The number of aromatic nitrogens is 3. The molecule has 0 radical (unpaired) electrons. The number of hydrogen-bond donors (Lipinski definition) is 1. The summed E-state index contributed by atoms with van der Waals surface area (Å²) >= 11 is 0. The molecule has 98 valence electrons. The molecular formula is C13H20N4O. The van der Waals surface area contributed by atoms with E-state index in [9.17, 15) is 0 Å². The van der Waals surface area contributed by atoms with Crippen LogP contribution in [0.3, 0.4) is 0 Å². The second-order valence-electron chi connectivity index (χ2n) is 3.75. The third-order valence-electron chi connectivity index (χ3n) is 2.85. The Morgan fingerprint density at radius 3 is 2.67 bits per heavy atom. The molecule has 5 nitrogen and oxygen atoms in total. The molecule has 2 N–H and O–H groups in total. The third kappa shape index (κ3) is 3.06. The van der Waals surface area contributed by atoms with Crippen molar-refractivity contribution in [3.63, 3.8) is 0 Å². The highest BCUT2D eigenvalue weighted by Crippen LogP contribution is 2.37. The first-order valence-corrected chi connectivity index (χ1v) is 6.30. The Kier molecular flexibility index (Phi) is 5.84. The molecule has 0 saturated heterocycles. The lowest BCUT2D eigenvalue weighted by molar-refractivity contribution is -0.106. The summed E-state index contributed by atoms with van der Waals surface area (Å²) in [4.78, 5) is 12.9. The molecule has 5 heteroatoms. The summed E-state index contributed by atoms with van der Waals surface area (Å²) in [5.41, 5.74) is 6.53. The minimum absolute atomic E-state index is 0.250. The minimum Gasteiger partial charge on any atom is -0.372 e. The van der Waals surface area contributed by atoms with E-state index in [2.05, 4.69) is 15.8 Å². The van der Waals surface area contributed by atoms with Gasteiger partial charge in [-0.05, 0) is 24.8 Å². The zero-order chi connectivity index (χ0) is 13.4. The zero-order valence-electron chi connectivity index (χ0n) is 10.9. The van der Waals surface area contributed by atoms with Gasteiger partial charge < -0.3 is 5.73 Å². The molecule has 2 heterocycles. The van der Waals surface area contributed by atoms with Crippen molar-refractivity contribution >= 4 is 12.1 Å². The average molecular weight is 248 g/mol. The lowest BCUT2D eigenvalue weighted by atomic mass is 9.81. The Balaban J connectivity index is 0.000000288. The van der Waals surface area contributed by atoms with E-state index in [-0.39, 0.29) is 6.41 Å². The van der Waals surface area contributed by atoms with E-state index in [1.165, 1.54) is 24.8 Å². The average Bonchev–Trinajstić information content (AvgIpc) is 2.75. The predicted octanol–water partition coefficient (Wildman–Crippen LogP) is 2.12. The van der Waals surface area contributed by atoms with Crippen molar-refractivity contribution in [3.8, 4) is 0 Å². The molecule has 0 aliphatic heterocycles. The predicted molar refractivity (Wildman–Crippen MR) is 71.2 cm³/mol. The maximum Gasteiger partial charge on any atom is 0.204 e. The number of carbonyl (C=O) groups excluding carboxylic acids is 1. The van der Waals surface area contributed by atoms with Crippen molar-refractivity contribution in [2.24, 2.45) is 5.73 Å². The van der Waals surface area contributed by atoms with Crippen LogP contribution in [0.25, 0.3) is 5.65 Å². The van der Waals surface area contributed by atoms with Gasteiger partial charge in [0.2, 0.25) is 6.41 Å². The van der Waals surface area contributed by atoms with Crippen LogP contribution in [0.4, 0.5) is 0 Å². The Labute approximate surface area is 107 Å². The van der Waals surface area contributed by atoms with E-state index in [1.54, 1.807) is 0 Å². The molecule has 1 amide bonds. The molecule has 2 aromatic heterocycles. The van der Waals surface area contributed by atoms with Gasteiger partial charge in [0, 0.05) is 18.0 Å². The van der Waals surface area contributed by atoms with Gasteiger partial charge in [-0.15, -0.1) is 0 Å². The third-order valence-corrected chi connectivity index (χ3v) is 2.85. The van der Waals surface area contributed by atoms with Gasteiger partial charge in [0.1, 0.15) is 0 Å². The number of amides is 1. The van der Waals surface area contributed by atoms with Crippen LogP contribution < -0.4 is 5.73 Å². The standard InChI is InChI=1S/C10H11N3.C2H6.CH3NO/c1-3-8(4-1)9-7-12-13-6-2-5-11-10(9)13;1-2;2-1-3/h2,5-8H,1,3-4H2;1-2H3;1H,(H2,2,3). The van der Waals surface area contributed by atoms with Gasteiger partial charge in [-0.3, -0.25) is 4.79 Å².